The lowest BCUT2D eigenvalue weighted by Gasteiger charge is -2.27. The number of imide groups is 1. The van der Waals surface area contributed by atoms with Gasteiger partial charge in [-0.25, -0.2) is 19.7 Å². The minimum Gasteiger partial charge on any atom is -0.339 e. The summed E-state index contributed by atoms with van der Waals surface area (Å²) in [6.45, 7) is 10.2. The second kappa shape index (κ2) is 8.72. The van der Waals surface area contributed by atoms with Crippen molar-refractivity contribution >= 4 is 40.7 Å². The van der Waals surface area contributed by atoms with Crippen molar-refractivity contribution in [1.29, 1.82) is 0 Å². The Balaban J connectivity index is 1.56. The number of nitrogens with zero attached hydrogens (tertiary/aromatic N) is 4. The van der Waals surface area contributed by atoms with Crippen molar-refractivity contribution in [1.82, 2.24) is 14.9 Å². The van der Waals surface area contributed by atoms with E-state index in [4.69, 9.17) is 11.6 Å². The molecule has 1 saturated heterocycles. The fourth-order valence-electron chi connectivity index (χ4n) is 3.86. The van der Waals surface area contributed by atoms with Gasteiger partial charge < -0.3 is 10.2 Å². The van der Waals surface area contributed by atoms with Crippen molar-refractivity contribution in [2.45, 2.75) is 52.1 Å². The molecule has 1 aliphatic rings. The number of hydrogen-bond acceptors (Lipinski definition) is 5. The molecule has 1 aliphatic heterocycles. The largest absolute Gasteiger partial charge is 0.339 e. The molecule has 0 atom stereocenters. The second-order valence-corrected chi connectivity index (χ2v) is 10.3. The molecule has 3 aromatic rings. The average molecular weight is 478 g/mol. The fraction of sp³-hybridized carbons (Fsp3) is 0.308. The lowest BCUT2D eigenvalue weighted by molar-refractivity contribution is -0.123. The number of halogens is 1. The summed E-state index contributed by atoms with van der Waals surface area (Å²) in [5, 5.41) is 3.58. The van der Waals surface area contributed by atoms with E-state index in [1.165, 1.54) is 4.90 Å². The predicted octanol–water partition coefficient (Wildman–Crippen LogP) is 5.92. The number of urea groups is 1. The van der Waals surface area contributed by atoms with Crippen LogP contribution in [0.1, 0.15) is 45.7 Å². The fourth-order valence-corrected chi connectivity index (χ4v) is 3.97. The van der Waals surface area contributed by atoms with Crippen molar-refractivity contribution < 1.29 is 9.59 Å². The number of amides is 3. The van der Waals surface area contributed by atoms with Crippen molar-refractivity contribution in [3.63, 3.8) is 0 Å². The molecule has 3 heterocycles. The van der Waals surface area contributed by atoms with Crippen molar-refractivity contribution in [3.8, 4) is 0 Å². The molecule has 176 valence electrons. The van der Waals surface area contributed by atoms with Crippen LogP contribution in [0, 0.1) is 0 Å². The molecule has 1 aromatic carbocycles. The molecule has 0 radical (unpaired) electrons. The number of rotatable bonds is 5. The smallest absolute Gasteiger partial charge is 0.332 e. The summed E-state index contributed by atoms with van der Waals surface area (Å²) in [5.74, 6) is 0.354. The highest BCUT2D eigenvalue weighted by atomic mass is 35.5. The molecule has 34 heavy (non-hydrogen) atoms. The summed E-state index contributed by atoms with van der Waals surface area (Å²) < 4.78 is 0. The van der Waals surface area contributed by atoms with Crippen LogP contribution in [0.2, 0.25) is 5.15 Å². The molecule has 8 heteroatoms. The molecule has 1 N–H and O–H groups in total. The maximum Gasteiger partial charge on any atom is 0.332 e. The van der Waals surface area contributed by atoms with Crippen LogP contribution in [0.3, 0.4) is 0 Å². The minimum atomic E-state index is -0.989. The SMILES string of the molecule is CC(C)(C)c1ccc(N2C(=O)N(Cc3ccnc(Nc4ccc(Cl)nc4)c3)C(C)(C)C2=O)cc1. The Bertz CT molecular complexity index is 1220. The Morgan fingerprint density at radius 3 is 2.32 bits per heavy atom. The number of carbonyl (C=O) groups excluding carboxylic acids is 2. The third kappa shape index (κ3) is 4.61. The predicted molar refractivity (Wildman–Crippen MR) is 134 cm³/mol. The van der Waals surface area contributed by atoms with Gasteiger partial charge in [-0.2, -0.15) is 0 Å². The van der Waals surface area contributed by atoms with E-state index in [-0.39, 0.29) is 23.9 Å². The van der Waals surface area contributed by atoms with Crippen LogP contribution in [0.4, 0.5) is 22.0 Å². The van der Waals surface area contributed by atoms with Crippen molar-refractivity contribution in [2.24, 2.45) is 0 Å². The zero-order valence-electron chi connectivity index (χ0n) is 20.0. The first-order valence-corrected chi connectivity index (χ1v) is 11.4. The van der Waals surface area contributed by atoms with Gasteiger partial charge in [0.2, 0.25) is 0 Å². The Hall–Kier alpha value is -3.45. The molecule has 4 rings (SSSR count). The third-order valence-electron chi connectivity index (χ3n) is 5.98. The van der Waals surface area contributed by atoms with E-state index >= 15 is 0 Å². The standard InChI is InChI=1S/C26H28ClN5O2/c1-25(2,3)18-6-9-20(10-7-18)32-23(33)26(4,5)31(24(32)34)16-17-12-13-28-22(14-17)30-19-8-11-21(27)29-15-19/h6-15H,16H2,1-5H3,(H,28,30). The highest BCUT2D eigenvalue weighted by molar-refractivity contribution is 6.29. The molecule has 0 spiro atoms. The zero-order valence-corrected chi connectivity index (χ0v) is 20.7. The Morgan fingerprint density at radius 1 is 1.00 bits per heavy atom. The number of pyridine rings is 2. The van der Waals surface area contributed by atoms with Gasteiger partial charge in [0, 0.05) is 12.7 Å². The lowest BCUT2D eigenvalue weighted by Crippen LogP contribution is -2.43. The number of hydrogen-bond donors (Lipinski definition) is 1. The summed E-state index contributed by atoms with van der Waals surface area (Å²) in [5.41, 5.74) is 2.30. The van der Waals surface area contributed by atoms with Gasteiger partial charge in [0.05, 0.1) is 17.6 Å². The Kier molecular flexibility index (Phi) is 6.08. The quantitative estimate of drug-likeness (QED) is 0.364. The number of anilines is 3. The van der Waals surface area contributed by atoms with E-state index in [1.807, 2.05) is 36.4 Å². The van der Waals surface area contributed by atoms with E-state index in [1.54, 1.807) is 43.3 Å². The zero-order chi connectivity index (χ0) is 24.7. The highest BCUT2D eigenvalue weighted by Crippen LogP contribution is 2.34. The number of benzene rings is 1. The van der Waals surface area contributed by atoms with Crippen LogP contribution in [0.5, 0.6) is 0 Å². The molecule has 3 amide bonds. The second-order valence-electron chi connectivity index (χ2n) is 9.91. The van der Waals surface area contributed by atoms with Gasteiger partial charge in [-0.15, -0.1) is 0 Å². The first kappa shape index (κ1) is 23.7. The van der Waals surface area contributed by atoms with Gasteiger partial charge >= 0.3 is 6.03 Å². The molecular weight excluding hydrogens is 450 g/mol. The maximum absolute atomic E-state index is 13.4. The van der Waals surface area contributed by atoms with Crippen LogP contribution in [0.25, 0.3) is 0 Å². The number of nitrogens with one attached hydrogen (secondary N) is 1. The molecule has 0 bridgehead atoms. The van der Waals surface area contributed by atoms with E-state index in [9.17, 15) is 9.59 Å². The maximum atomic E-state index is 13.4. The average Bonchev–Trinajstić information content (AvgIpc) is 2.94. The van der Waals surface area contributed by atoms with Gasteiger partial charge in [0.25, 0.3) is 5.91 Å². The monoisotopic (exact) mass is 477 g/mol. The van der Waals surface area contributed by atoms with Crippen LogP contribution in [-0.4, -0.2) is 32.3 Å². The molecule has 7 nitrogen and oxygen atoms in total. The Labute approximate surface area is 204 Å². The van der Waals surface area contributed by atoms with Crippen LogP contribution >= 0.6 is 11.6 Å². The van der Waals surface area contributed by atoms with E-state index in [0.29, 0.717) is 16.7 Å². The lowest BCUT2D eigenvalue weighted by atomic mass is 9.87. The van der Waals surface area contributed by atoms with Crippen LogP contribution in [0.15, 0.2) is 60.9 Å². The molecule has 1 fully saturated rings. The molecular formula is C26H28ClN5O2. The highest BCUT2D eigenvalue weighted by Gasteiger charge is 2.51. The van der Waals surface area contributed by atoms with Gasteiger partial charge in [-0.1, -0.05) is 44.5 Å². The summed E-state index contributed by atoms with van der Waals surface area (Å²) in [6, 6.07) is 14.5. The number of carbonyl (C=O) groups is 2. The first-order valence-electron chi connectivity index (χ1n) is 11.1. The topological polar surface area (TPSA) is 78.4 Å². The molecule has 0 unspecified atom stereocenters. The summed E-state index contributed by atoms with van der Waals surface area (Å²) in [7, 11) is 0. The van der Waals surface area contributed by atoms with Crippen LogP contribution < -0.4 is 10.2 Å². The van der Waals surface area contributed by atoms with Gasteiger partial charge in [0.15, 0.2) is 0 Å². The molecule has 0 aliphatic carbocycles. The summed E-state index contributed by atoms with van der Waals surface area (Å²) in [4.78, 5) is 37.9. The first-order chi connectivity index (χ1) is 16.0. The van der Waals surface area contributed by atoms with Crippen molar-refractivity contribution in [2.75, 3.05) is 10.2 Å². The van der Waals surface area contributed by atoms with Gasteiger partial charge in [-0.3, -0.25) is 4.79 Å². The van der Waals surface area contributed by atoms with E-state index in [0.717, 1.165) is 16.8 Å². The minimum absolute atomic E-state index is 0.0158. The molecule has 0 saturated carbocycles. The summed E-state index contributed by atoms with van der Waals surface area (Å²) >= 11 is 5.85. The normalized spacial score (nSPS) is 15.7. The molecule has 2 aromatic heterocycles. The Morgan fingerprint density at radius 2 is 1.71 bits per heavy atom. The summed E-state index contributed by atoms with van der Waals surface area (Å²) in [6.07, 6.45) is 3.28. The van der Waals surface area contributed by atoms with Gasteiger partial charge in [-0.05, 0) is 66.8 Å². The third-order valence-corrected chi connectivity index (χ3v) is 6.20. The van der Waals surface area contributed by atoms with E-state index < -0.39 is 5.54 Å². The van der Waals surface area contributed by atoms with E-state index in [2.05, 4.69) is 36.1 Å². The van der Waals surface area contributed by atoms with Gasteiger partial charge in [0.1, 0.15) is 16.5 Å². The van der Waals surface area contributed by atoms with Crippen LogP contribution in [-0.2, 0) is 16.8 Å². The number of aromatic nitrogens is 2. The van der Waals surface area contributed by atoms with Crippen molar-refractivity contribution in [3.05, 3.63) is 77.2 Å².